The molecule has 1 heterocycles. The molecule has 0 aliphatic carbocycles. The lowest BCUT2D eigenvalue weighted by atomic mass is 10.0. The van der Waals surface area contributed by atoms with Crippen LogP contribution < -0.4 is 16.8 Å². The van der Waals surface area contributed by atoms with E-state index in [9.17, 15) is 14.0 Å². The zero-order valence-electron chi connectivity index (χ0n) is 15.4. The summed E-state index contributed by atoms with van der Waals surface area (Å²) in [4.78, 5) is 28.5. The highest BCUT2D eigenvalue weighted by Crippen LogP contribution is 2.17. The van der Waals surface area contributed by atoms with Crippen molar-refractivity contribution in [2.45, 2.75) is 6.04 Å². The Kier molecular flexibility index (Phi) is 6.11. The predicted molar refractivity (Wildman–Crippen MR) is 110 cm³/mol. The highest BCUT2D eigenvalue weighted by atomic mass is 19.1. The van der Waals surface area contributed by atoms with Crippen LogP contribution in [0.15, 0.2) is 72.9 Å². The molecule has 3 aromatic rings. The molecule has 0 saturated heterocycles. The molecule has 7 heteroatoms. The fourth-order valence-corrected chi connectivity index (χ4v) is 2.58. The number of nitrogens with zero attached hydrogens (tertiary/aromatic N) is 1. The maximum Gasteiger partial charge on any atom is 0.255 e. The van der Waals surface area contributed by atoms with Gasteiger partial charge in [-0.25, -0.2) is 9.37 Å². The summed E-state index contributed by atoms with van der Waals surface area (Å²) in [7, 11) is 0. The van der Waals surface area contributed by atoms with Crippen molar-refractivity contribution >= 4 is 29.3 Å². The average Bonchev–Trinajstić information content (AvgIpc) is 2.74. The van der Waals surface area contributed by atoms with Gasteiger partial charge in [-0.2, -0.15) is 0 Å². The van der Waals surface area contributed by atoms with Gasteiger partial charge < -0.3 is 16.8 Å². The molecule has 1 amide bonds. The van der Waals surface area contributed by atoms with Crippen LogP contribution in [-0.4, -0.2) is 16.7 Å². The Morgan fingerprint density at radius 3 is 2.38 bits per heavy atom. The minimum Gasteiger partial charge on any atom is -0.382 e. The summed E-state index contributed by atoms with van der Waals surface area (Å²) in [6.45, 7) is 0. The van der Waals surface area contributed by atoms with E-state index in [1.54, 1.807) is 54.6 Å². The molecule has 1 atom stereocenters. The average molecular weight is 390 g/mol. The summed E-state index contributed by atoms with van der Waals surface area (Å²) in [6, 6.07) is 14.6. The Hall–Kier alpha value is -3.84. The van der Waals surface area contributed by atoms with Crippen LogP contribution >= 0.6 is 0 Å². The lowest BCUT2D eigenvalue weighted by molar-refractivity contribution is -0.115. The van der Waals surface area contributed by atoms with Crippen molar-refractivity contribution in [3.8, 4) is 0 Å². The second-order valence-electron chi connectivity index (χ2n) is 6.28. The van der Waals surface area contributed by atoms with Crippen LogP contribution in [0.25, 0.3) is 6.08 Å². The van der Waals surface area contributed by atoms with E-state index in [1.807, 2.05) is 0 Å². The van der Waals surface area contributed by atoms with Crippen LogP contribution in [0.2, 0.25) is 0 Å². The fourth-order valence-electron chi connectivity index (χ4n) is 2.58. The zero-order chi connectivity index (χ0) is 20.8. The number of hydrogen-bond donors (Lipinski definition) is 3. The van der Waals surface area contributed by atoms with Crippen molar-refractivity contribution in [2.75, 3.05) is 11.1 Å². The quantitative estimate of drug-likeness (QED) is 0.559. The number of benzene rings is 2. The lowest BCUT2D eigenvalue weighted by Crippen LogP contribution is -2.20. The number of carbonyl (C=O) groups is 2. The monoisotopic (exact) mass is 390 g/mol. The molecule has 0 fully saturated rings. The van der Waals surface area contributed by atoms with Gasteiger partial charge in [-0.1, -0.05) is 30.3 Å². The van der Waals surface area contributed by atoms with Crippen LogP contribution in [0.1, 0.15) is 27.5 Å². The molecule has 3 rings (SSSR count). The topological polar surface area (TPSA) is 111 Å². The first-order valence-electron chi connectivity index (χ1n) is 8.79. The van der Waals surface area contributed by atoms with E-state index in [-0.39, 0.29) is 23.3 Å². The van der Waals surface area contributed by atoms with E-state index in [4.69, 9.17) is 11.5 Å². The molecule has 5 N–H and O–H groups in total. The SMILES string of the molecule is Nc1ncccc1NC(=O)c1ccc(C(N)C(=O)/C=C/c2ccc(F)cc2)cc1. The van der Waals surface area contributed by atoms with E-state index in [2.05, 4.69) is 10.3 Å². The third kappa shape index (κ3) is 5.12. The standard InChI is InChI=1S/C22H19FN4O2/c23-17-10-3-14(4-11-17)5-12-19(28)20(24)15-6-8-16(9-7-15)22(29)27-18-2-1-13-26-21(18)25/h1-13,20H,24H2,(H2,25,26)(H,27,29)/b12-5+. The molecule has 2 aromatic carbocycles. The van der Waals surface area contributed by atoms with Gasteiger partial charge >= 0.3 is 0 Å². The highest BCUT2D eigenvalue weighted by molar-refractivity contribution is 6.05. The fraction of sp³-hybridized carbons (Fsp3) is 0.0455. The number of nitrogen functional groups attached to an aromatic ring is 1. The number of amides is 1. The molecular weight excluding hydrogens is 371 g/mol. The Morgan fingerprint density at radius 1 is 1.03 bits per heavy atom. The largest absolute Gasteiger partial charge is 0.382 e. The Bertz CT molecular complexity index is 1050. The second kappa shape index (κ2) is 8.90. The number of anilines is 2. The van der Waals surface area contributed by atoms with Gasteiger partial charge in [0, 0.05) is 11.8 Å². The molecule has 29 heavy (non-hydrogen) atoms. The van der Waals surface area contributed by atoms with Crippen molar-refractivity contribution in [1.29, 1.82) is 0 Å². The van der Waals surface area contributed by atoms with Crippen molar-refractivity contribution in [1.82, 2.24) is 4.98 Å². The van der Waals surface area contributed by atoms with E-state index >= 15 is 0 Å². The van der Waals surface area contributed by atoms with E-state index in [0.29, 0.717) is 22.4 Å². The smallest absolute Gasteiger partial charge is 0.255 e. The normalized spacial score (nSPS) is 11.9. The zero-order valence-corrected chi connectivity index (χ0v) is 15.4. The third-order valence-corrected chi connectivity index (χ3v) is 4.24. The number of nitrogens with two attached hydrogens (primary N) is 2. The summed E-state index contributed by atoms with van der Waals surface area (Å²) in [6.07, 6.45) is 4.45. The highest BCUT2D eigenvalue weighted by Gasteiger charge is 2.14. The van der Waals surface area contributed by atoms with E-state index in [1.165, 1.54) is 24.4 Å². The number of aromatic nitrogens is 1. The minimum atomic E-state index is -0.877. The molecular formula is C22H19FN4O2. The second-order valence-corrected chi connectivity index (χ2v) is 6.28. The van der Waals surface area contributed by atoms with E-state index in [0.717, 1.165) is 0 Å². The maximum absolute atomic E-state index is 12.9. The van der Waals surface area contributed by atoms with Gasteiger partial charge in [0.1, 0.15) is 11.6 Å². The van der Waals surface area contributed by atoms with E-state index < -0.39 is 6.04 Å². The van der Waals surface area contributed by atoms with Crippen LogP contribution in [0.5, 0.6) is 0 Å². The van der Waals surface area contributed by atoms with Crippen molar-refractivity contribution in [3.05, 3.63) is 95.4 Å². The van der Waals surface area contributed by atoms with Crippen molar-refractivity contribution < 1.29 is 14.0 Å². The number of nitrogens with one attached hydrogen (secondary N) is 1. The molecule has 0 aliphatic heterocycles. The molecule has 6 nitrogen and oxygen atoms in total. The van der Waals surface area contributed by atoms with Gasteiger partial charge in [0.25, 0.3) is 5.91 Å². The first kappa shape index (κ1) is 19.9. The molecule has 1 aromatic heterocycles. The molecule has 0 radical (unpaired) electrons. The minimum absolute atomic E-state index is 0.220. The van der Waals surface area contributed by atoms with Crippen LogP contribution in [0.4, 0.5) is 15.9 Å². The number of ketones is 1. The van der Waals surface area contributed by atoms with Gasteiger partial charge in [0.2, 0.25) is 0 Å². The Morgan fingerprint density at radius 2 is 1.72 bits per heavy atom. The van der Waals surface area contributed by atoms with Crippen LogP contribution in [0.3, 0.4) is 0 Å². The number of hydrogen-bond acceptors (Lipinski definition) is 5. The summed E-state index contributed by atoms with van der Waals surface area (Å²) in [5.74, 6) is -0.791. The van der Waals surface area contributed by atoms with Gasteiger partial charge in [0.15, 0.2) is 5.78 Å². The molecule has 0 saturated carbocycles. The molecule has 0 bridgehead atoms. The lowest BCUT2D eigenvalue weighted by Gasteiger charge is -2.10. The first-order chi connectivity index (χ1) is 13.9. The maximum atomic E-state index is 12.9. The first-order valence-corrected chi connectivity index (χ1v) is 8.79. The predicted octanol–water partition coefficient (Wildman–Crippen LogP) is 3.34. The van der Waals surface area contributed by atoms with Gasteiger partial charge in [0.05, 0.1) is 11.7 Å². The number of rotatable bonds is 6. The molecule has 1 unspecified atom stereocenters. The van der Waals surface area contributed by atoms with Gasteiger partial charge in [-0.3, -0.25) is 9.59 Å². The van der Waals surface area contributed by atoms with Gasteiger partial charge in [-0.15, -0.1) is 0 Å². The Balaban J connectivity index is 1.65. The summed E-state index contributed by atoms with van der Waals surface area (Å²) >= 11 is 0. The van der Waals surface area contributed by atoms with Crippen molar-refractivity contribution in [3.63, 3.8) is 0 Å². The molecule has 0 spiro atoms. The molecule has 0 aliphatic rings. The number of pyridine rings is 1. The Labute approximate surface area is 167 Å². The summed E-state index contributed by atoms with van der Waals surface area (Å²) in [5, 5.41) is 2.68. The number of carbonyl (C=O) groups excluding carboxylic acids is 2. The van der Waals surface area contributed by atoms with Gasteiger partial charge in [-0.05, 0) is 53.6 Å². The molecule has 146 valence electrons. The summed E-state index contributed by atoms with van der Waals surface area (Å²) < 4.78 is 12.9. The number of halogens is 1. The van der Waals surface area contributed by atoms with Crippen LogP contribution in [-0.2, 0) is 4.79 Å². The van der Waals surface area contributed by atoms with Crippen molar-refractivity contribution in [2.24, 2.45) is 5.73 Å². The summed E-state index contributed by atoms with van der Waals surface area (Å²) in [5.41, 5.74) is 13.8. The van der Waals surface area contributed by atoms with Crippen LogP contribution in [0, 0.1) is 5.82 Å². The third-order valence-electron chi connectivity index (χ3n) is 4.24.